The zero-order valence-corrected chi connectivity index (χ0v) is 14.1. The van der Waals surface area contributed by atoms with Crippen molar-refractivity contribution in [2.75, 3.05) is 45.2 Å². The largest absolute Gasteiger partial charge is 0.359 e. The van der Waals surface area contributed by atoms with Crippen molar-refractivity contribution in [1.29, 1.82) is 0 Å². The molecule has 0 bridgehead atoms. The Morgan fingerprint density at radius 3 is 2.64 bits per heavy atom. The van der Waals surface area contributed by atoms with Crippen molar-refractivity contribution in [2.45, 2.75) is 26.7 Å². The van der Waals surface area contributed by atoms with Crippen molar-refractivity contribution < 1.29 is 4.79 Å². The summed E-state index contributed by atoms with van der Waals surface area (Å²) in [5.74, 6) is 2.57. The Morgan fingerprint density at radius 2 is 2.05 bits per heavy atom. The van der Waals surface area contributed by atoms with Gasteiger partial charge in [-0.2, -0.15) is 0 Å². The number of hydrogen-bond acceptors (Lipinski definition) is 5. The number of likely N-dealkylation sites (N-methyl/N-ethyl adjacent to an activating group) is 1. The number of aryl methyl sites for hydroxylation is 2. The van der Waals surface area contributed by atoms with Gasteiger partial charge in [0.25, 0.3) is 0 Å². The highest BCUT2D eigenvalue weighted by molar-refractivity contribution is 5.77. The van der Waals surface area contributed by atoms with E-state index in [0.29, 0.717) is 12.5 Å². The minimum absolute atomic E-state index is 0.0995. The number of likely N-dealkylation sites (tertiary alicyclic amines) is 1. The van der Waals surface area contributed by atoms with Crippen LogP contribution in [0.1, 0.15) is 24.4 Å². The number of aromatic nitrogens is 2. The molecule has 1 fully saturated rings. The number of nitrogens with zero attached hydrogens (tertiary/aromatic N) is 4. The Hall–Kier alpha value is -1.69. The molecule has 22 heavy (non-hydrogen) atoms. The summed E-state index contributed by atoms with van der Waals surface area (Å²) >= 11 is 0. The Morgan fingerprint density at radius 1 is 1.36 bits per heavy atom. The van der Waals surface area contributed by atoms with Gasteiger partial charge in [0, 0.05) is 32.4 Å². The van der Waals surface area contributed by atoms with Crippen LogP contribution in [0.2, 0.25) is 0 Å². The van der Waals surface area contributed by atoms with Crippen LogP contribution in [0.3, 0.4) is 0 Å². The molecular formula is C16H27N5O. The normalized spacial score (nSPS) is 16.5. The van der Waals surface area contributed by atoms with Gasteiger partial charge in [-0.25, -0.2) is 9.97 Å². The molecule has 0 aliphatic carbocycles. The Balaban J connectivity index is 1.83. The highest BCUT2D eigenvalue weighted by Crippen LogP contribution is 2.20. The van der Waals surface area contributed by atoms with E-state index in [9.17, 15) is 4.79 Å². The summed E-state index contributed by atoms with van der Waals surface area (Å²) in [7, 11) is 3.79. The van der Waals surface area contributed by atoms with Crippen molar-refractivity contribution in [3.8, 4) is 0 Å². The number of nitrogens with one attached hydrogen (secondary N) is 1. The van der Waals surface area contributed by atoms with Crippen molar-refractivity contribution in [3.05, 3.63) is 17.6 Å². The van der Waals surface area contributed by atoms with Crippen molar-refractivity contribution in [1.82, 2.24) is 20.2 Å². The minimum atomic E-state index is 0.0995. The second kappa shape index (κ2) is 7.54. The van der Waals surface area contributed by atoms with E-state index in [0.717, 1.165) is 49.8 Å². The Labute approximate surface area is 132 Å². The summed E-state index contributed by atoms with van der Waals surface area (Å²) in [5, 5.41) is 2.68. The quantitative estimate of drug-likeness (QED) is 0.879. The molecule has 1 aliphatic heterocycles. The van der Waals surface area contributed by atoms with Crippen LogP contribution in [0.5, 0.6) is 0 Å². The second-order valence-electron chi connectivity index (χ2n) is 6.19. The predicted molar refractivity (Wildman–Crippen MR) is 88.0 cm³/mol. The van der Waals surface area contributed by atoms with Crippen LogP contribution < -0.4 is 10.2 Å². The second-order valence-corrected chi connectivity index (χ2v) is 6.19. The van der Waals surface area contributed by atoms with Crippen molar-refractivity contribution >= 4 is 11.7 Å². The lowest BCUT2D eigenvalue weighted by Crippen LogP contribution is -2.42. The molecule has 0 radical (unpaired) electrons. The molecule has 0 atom stereocenters. The molecule has 0 saturated carbocycles. The summed E-state index contributed by atoms with van der Waals surface area (Å²) in [4.78, 5) is 24.7. The van der Waals surface area contributed by atoms with E-state index in [1.807, 2.05) is 19.9 Å². The average Bonchev–Trinajstić information content (AvgIpc) is 2.48. The molecule has 122 valence electrons. The van der Waals surface area contributed by atoms with E-state index in [1.165, 1.54) is 0 Å². The molecule has 1 aromatic rings. The Kier molecular flexibility index (Phi) is 5.71. The van der Waals surface area contributed by atoms with E-state index >= 15 is 0 Å². The molecule has 0 aromatic carbocycles. The summed E-state index contributed by atoms with van der Waals surface area (Å²) in [6, 6.07) is 2.04. The third-order valence-corrected chi connectivity index (χ3v) is 4.23. The number of rotatable bonds is 5. The van der Waals surface area contributed by atoms with Crippen LogP contribution in [0.4, 0.5) is 5.82 Å². The summed E-state index contributed by atoms with van der Waals surface area (Å²) in [5.41, 5.74) is 1.01. The SMILES string of the molecule is CNC(=O)CN1CCC(CN(C)c2cc(C)nc(C)n2)CC1. The van der Waals surface area contributed by atoms with Gasteiger partial charge in [-0.05, 0) is 45.7 Å². The summed E-state index contributed by atoms with van der Waals surface area (Å²) < 4.78 is 0. The molecular weight excluding hydrogens is 278 g/mol. The molecule has 2 heterocycles. The lowest BCUT2D eigenvalue weighted by Gasteiger charge is -2.33. The minimum Gasteiger partial charge on any atom is -0.359 e. The van der Waals surface area contributed by atoms with Crippen molar-refractivity contribution in [2.24, 2.45) is 5.92 Å². The van der Waals surface area contributed by atoms with E-state index in [4.69, 9.17) is 0 Å². The van der Waals surface area contributed by atoms with Gasteiger partial charge >= 0.3 is 0 Å². The number of carbonyl (C=O) groups excluding carboxylic acids is 1. The molecule has 6 nitrogen and oxygen atoms in total. The van der Waals surface area contributed by atoms with E-state index < -0.39 is 0 Å². The summed E-state index contributed by atoms with van der Waals surface area (Å²) in [6.07, 6.45) is 2.26. The third kappa shape index (κ3) is 4.66. The fourth-order valence-electron chi connectivity index (χ4n) is 2.98. The van der Waals surface area contributed by atoms with E-state index in [2.05, 4.69) is 32.1 Å². The van der Waals surface area contributed by atoms with Crippen LogP contribution in [0, 0.1) is 19.8 Å². The fourth-order valence-corrected chi connectivity index (χ4v) is 2.98. The van der Waals surface area contributed by atoms with Crippen LogP contribution in [-0.2, 0) is 4.79 Å². The maximum absolute atomic E-state index is 11.4. The molecule has 1 N–H and O–H groups in total. The molecule has 0 unspecified atom stereocenters. The third-order valence-electron chi connectivity index (χ3n) is 4.23. The maximum atomic E-state index is 11.4. The van der Waals surface area contributed by atoms with Gasteiger partial charge in [-0.3, -0.25) is 9.69 Å². The highest BCUT2D eigenvalue weighted by atomic mass is 16.1. The molecule has 1 aliphatic rings. The van der Waals surface area contributed by atoms with Crippen LogP contribution >= 0.6 is 0 Å². The predicted octanol–water partition coefficient (Wildman–Crippen LogP) is 0.988. The monoisotopic (exact) mass is 305 g/mol. The molecule has 1 amide bonds. The average molecular weight is 305 g/mol. The number of hydrogen-bond donors (Lipinski definition) is 1. The van der Waals surface area contributed by atoms with Gasteiger partial charge in [-0.15, -0.1) is 0 Å². The van der Waals surface area contributed by atoms with E-state index in [-0.39, 0.29) is 5.91 Å². The molecule has 0 spiro atoms. The number of carbonyl (C=O) groups is 1. The van der Waals surface area contributed by atoms with Crippen LogP contribution in [0.15, 0.2) is 6.07 Å². The van der Waals surface area contributed by atoms with Gasteiger partial charge in [0.1, 0.15) is 11.6 Å². The summed E-state index contributed by atoms with van der Waals surface area (Å²) in [6.45, 7) is 7.44. The molecule has 1 saturated heterocycles. The molecule has 1 aromatic heterocycles. The molecule has 2 rings (SSSR count). The van der Waals surface area contributed by atoms with Crippen molar-refractivity contribution in [3.63, 3.8) is 0 Å². The maximum Gasteiger partial charge on any atom is 0.233 e. The fraction of sp³-hybridized carbons (Fsp3) is 0.688. The lowest BCUT2D eigenvalue weighted by atomic mass is 9.96. The van der Waals surface area contributed by atoms with E-state index in [1.54, 1.807) is 7.05 Å². The van der Waals surface area contributed by atoms with Gasteiger partial charge in [0.2, 0.25) is 5.91 Å². The highest BCUT2D eigenvalue weighted by Gasteiger charge is 2.22. The van der Waals surface area contributed by atoms with Crippen LogP contribution in [-0.4, -0.2) is 61.0 Å². The standard InChI is InChI=1S/C16H27N5O/c1-12-9-15(19-13(2)18-12)20(4)10-14-5-7-21(8-6-14)11-16(22)17-3/h9,14H,5-8,10-11H2,1-4H3,(H,17,22). The number of amides is 1. The van der Waals surface area contributed by atoms with Gasteiger partial charge in [0.15, 0.2) is 0 Å². The first-order chi connectivity index (χ1) is 10.5. The topological polar surface area (TPSA) is 61.4 Å². The first-order valence-electron chi connectivity index (χ1n) is 7.94. The zero-order chi connectivity index (χ0) is 16.1. The van der Waals surface area contributed by atoms with Gasteiger partial charge in [0.05, 0.1) is 6.54 Å². The number of piperidine rings is 1. The lowest BCUT2D eigenvalue weighted by molar-refractivity contribution is -0.122. The van der Waals surface area contributed by atoms with Crippen LogP contribution in [0.25, 0.3) is 0 Å². The van der Waals surface area contributed by atoms with Gasteiger partial charge in [-0.1, -0.05) is 0 Å². The number of anilines is 1. The first-order valence-corrected chi connectivity index (χ1v) is 7.94. The Bertz CT molecular complexity index is 491. The van der Waals surface area contributed by atoms with Gasteiger partial charge < -0.3 is 10.2 Å². The molecule has 6 heteroatoms. The first kappa shape index (κ1) is 16.7. The smallest absolute Gasteiger partial charge is 0.233 e. The zero-order valence-electron chi connectivity index (χ0n) is 14.1.